The standard InChI is InChI=1S/C19H21N3/c1-13-11-18(16-9-4-5-10-17(16)21-13)22-15-8-6-7-14(12-15)19(2,3)20/h4-12H,20H2,1-3H3,(H,21,22). The molecule has 3 N–H and O–H groups in total. The van der Waals surface area contributed by atoms with Gasteiger partial charge in [-0.05, 0) is 50.6 Å². The average Bonchev–Trinajstić information content (AvgIpc) is 2.46. The highest BCUT2D eigenvalue weighted by Gasteiger charge is 2.14. The van der Waals surface area contributed by atoms with E-state index in [0.29, 0.717) is 0 Å². The summed E-state index contributed by atoms with van der Waals surface area (Å²) in [5.41, 5.74) is 11.0. The van der Waals surface area contributed by atoms with Crippen LogP contribution in [0.15, 0.2) is 54.6 Å². The molecule has 0 radical (unpaired) electrons. The molecule has 2 aromatic carbocycles. The van der Waals surface area contributed by atoms with Crippen molar-refractivity contribution in [3.05, 3.63) is 65.9 Å². The van der Waals surface area contributed by atoms with Gasteiger partial charge >= 0.3 is 0 Å². The third-order valence-electron chi connectivity index (χ3n) is 3.73. The quantitative estimate of drug-likeness (QED) is 0.748. The van der Waals surface area contributed by atoms with Crippen LogP contribution in [0.2, 0.25) is 0 Å². The Hall–Kier alpha value is -2.39. The minimum absolute atomic E-state index is 0.353. The number of nitrogens with two attached hydrogens (primary N) is 1. The van der Waals surface area contributed by atoms with Gasteiger partial charge in [0.15, 0.2) is 0 Å². The summed E-state index contributed by atoms with van der Waals surface area (Å²) in [6.07, 6.45) is 0. The molecule has 0 aliphatic heterocycles. The molecule has 0 aliphatic rings. The highest BCUT2D eigenvalue weighted by Crippen LogP contribution is 2.28. The van der Waals surface area contributed by atoms with Crippen molar-refractivity contribution in [1.29, 1.82) is 0 Å². The summed E-state index contributed by atoms with van der Waals surface area (Å²) in [7, 11) is 0. The van der Waals surface area contributed by atoms with Crippen molar-refractivity contribution in [3.63, 3.8) is 0 Å². The topological polar surface area (TPSA) is 50.9 Å². The maximum atomic E-state index is 6.20. The van der Waals surface area contributed by atoms with Gasteiger partial charge in [0.1, 0.15) is 0 Å². The molecule has 3 rings (SSSR count). The highest BCUT2D eigenvalue weighted by atomic mass is 14.9. The molecule has 0 amide bonds. The summed E-state index contributed by atoms with van der Waals surface area (Å²) in [6, 6.07) is 18.5. The first-order valence-electron chi connectivity index (χ1n) is 7.46. The maximum absolute atomic E-state index is 6.20. The van der Waals surface area contributed by atoms with Gasteiger partial charge in [-0.1, -0.05) is 30.3 Å². The molecule has 0 aliphatic carbocycles. The van der Waals surface area contributed by atoms with E-state index in [1.807, 2.05) is 45.0 Å². The maximum Gasteiger partial charge on any atom is 0.0726 e. The first kappa shape index (κ1) is 14.5. The normalized spacial score (nSPS) is 11.6. The number of para-hydroxylation sites is 1. The molecule has 22 heavy (non-hydrogen) atoms. The number of benzene rings is 2. The minimum Gasteiger partial charge on any atom is -0.355 e. The summed E-state index contributed by atoms with van der Waals surface area (Å²) < 4.78 is 0. The number of aryl methyl sites for hydroxylation is 1. The summed E-state index contributed by atoms with van der Waals surface area (Å²) in [4.78, 5) is 4.57. The third-order valence-corrected chi connectivity index (χ3v) is 3.73. The van der Waals surface area contributed by atoms with Gasteiger partial charge in [0, 0.05) is 28.0 Å². The number of nitrogens with one attached hydrogen (secondary N) is 1. The second-order valence-corrected chi connectivity index (χ2v) is 6.26. The van der Waals surface area contributed by atoms with Crippen LogP contribution in [-0.4, -0.2) is 4.98 Å². The summed E-state index contributed by atoms with van der Waals surface area (Å²) in [5.74, 6) is 0. The van der Waals surface area contributed by atoms with E-state index in [4.69, 9.17) is 5.73 Å². The smallest absolute Gasteiger partial charge is 0.0726 e. The van der Waals surface area contributed by atoms with Crippen molar-refractivity contribution >= 4 is 22.3 Å². The zero-order valence-corrected chi connectivity index (χ0v) is 13.2. The van der Waals surface area contributed by atoms with E-state index in [1.165, 1.54) is 0 Å². The van der Waals surface area contributed by atoms with E-state index in [9.17, 15) is 0 Å². The zero-order chi connectivity index (χ0) is 15.7. The molecule has 3 nitrogen and oxygen atoms in total. The summed E-state index contributed by atoms with van der Waals surface area (Å²) >= 11 is 0. The predicted molar refractivity (Wildman–Crippen MR) is 93.4 cm³/mol. The Labute approximate surface area is 131 Å². The number of fused-ring (bicyclic) bond motifs is 1. The zero-order valence-electron chi connectivity index (χ0n) is 13.2. The van der Waals surface area contributed by atoms with Crippen LogP contribution in [0.4, 0.5) is 11.4 Å². The molecule has 0 unspecified atom stereocenters. The third kappa shape index (κ3) is 2.95. The largest absolute Gasteiger partial charge is 0.355 e. The molecule has 112 valence electrons. The van der Waals surface area contributed by atoms with Crippen LogP contribution >= 0.6 is 0 Å². The van der Waals surface area contributed by atoms with Crippen molar-refractivity contribution in [3.8, 4) is 0 Å². The number of hydrogen-bond donors (Lipinski definition) is 2. The lowest BCUT2D eigenvalue weighted by Crippen LogP contribution is -2.28. The van der Waals surface area contributed by atoms with Crippen LogP contribution < -0.4 is 11.1 Å². The Kier molecular flexibility index (Phi) is 3.59. The molecule has 3 aromatic rings. The predicted octanol–water partition coefficient (Wildman–Crippen LogP) is 4.48. The van der Waals surface area contributed by atoms with Gasteiger partial charge in [0.25, 0.3) is 0 Å². The van der Waals surface area contributed by atoms with Crippen LogP contribution in [0, 0.1) is 6.92 Å². The van der Waals surface area contributed by atoms with Gasteiger partial charge in [-0.15, -0.1) is 0 Å². The van der Waals surface area contributed by atoms with E-state index < -0.39 is 0 Å². The van der Waals surface area contributed by atoms with Crippen LogP contribution in [-0.2, 0) is 5.54 Å². The molecule has 0 fully saturated rings. The Morgan fingerprint density at radius 1 is 1.00 bits per heavy atom. The molecule has 0 saturated heterocycles. The first-order valence-corrected chi connectivity index (χ1v) is 7.46. The summed E-state index contributed by atoms with van der Waals surface area (Å²) in [5, 5.41) is 4.62. The molecule has 0 spiro atoms. The molecule has 0 bridgehead atoms. The van der Waals surface area contributed by atoms with Crippen LogP contribution in [0.3, 0.4) is 0 Å². The van der Waals surface area contributed by atoms with E-state index in [1.54, 1.807) is 0 Å². The second kappa shape index (κ2) is 5.43. The fourth-order valence-corrected chi connectivity index (χ4v) is 2.56. The number of pyridine rings is 1. The Bertz CT molecular complexity index is 816. The van der Waals surface area contributed by atoms with E-state index >= 15 is 0 Å². The fourth-order valence-electron chi connectivity index (χ4n) is 2.56. The number of nitrogens with zero attached hydrogens (tertiary/aromatic N) is 1. The molecule has 1 heterocycles. The highest BCUT2D eigenvalue weighted by molar-refractivity contribution is 5.93. The number of rotatable bonds is 3. The second-order valence-electron chi connectivity index (χ2n) is 6.26. The molecular formula is C19H21N3. The van der Waals surface area contributed by atoms with Gasteiger partial charge in [0.05, 0.1) is 5.52 Å². The first-order chi connectivity index (χ1) is 10.4. The SMILES string of the molecule is Cc1cc(Nc2cccc(C(C)(C)N)c2)c2ccccc2n1. The van der Waals surface area contributed by atoms with Crippen LogP contribution in [0.25, 0.3) is 10.9 Å². The Morgan fingerprint density at radius 3 is 2.55 bits per heavy atom. The molecular weight excluding hydrogens is 270 g/mol. The fraction of sp³-hybridized carbons (Fsp3) is 0.211. The average molecular weight is 291 g/mol. The van der Waals surface area contributed by atoms with Crippen molar-refractivity contribution in [2.45, 2.75) is 26.3 Å². The van der Waals surface area contributed by atoms with Crippen LogP contribution in [0.1, 0.15) is 25.1 Å². The molecule has 3 heteroatoms. The molecule has 0 saturated carbocycles. The van der Waals surface area contributed by atoms with Crippen molar-refractivity contribution in [1.82, 2.24) is 4.98 Å². The lowest BCUT2D eigenvalue weighted by atomic mass is 9.95. The molecule has 0 atom stereocenters. The monoisotopic (exact) mass is 291 g/mol. The van der Waals surface area contributed by atoms with Crippen molar-refractivity contribution in [2.75, 3.05) is 5.32 Å². The van der Waals surface area contributed by atoms with Gasteiger partial charge in [-0.25, -0.2) is 0 Å². The van der Waals surface area contributed by atoms with Gasteiger partial charge in [0.2, 0.25) is 0 Å². The van der Waals surface area contributed by atoms with Crippen molar-refractivity contribution < 1.29 is 0 Å². The van der Waals surface area contributed by atoms with Crippen LogP contribution in [0.5, 0.6) is 0 Å². The van der Waals surface area contributed by atoms with E-state index in [2.05, 4.69) is 40.6 Å². The lowest BCUT2D eigenvalue weighted by molar-refractivity contribution is 0.555. The summed E-state index contributed by atoms with van der Waals surface area (Å²) in [6.45, 7) is 6.03. The molecule has 1 aromatic heterocycles. The number of hydrogen-bond acceptors (Lipinski definition) is 3. The number of aromatic nitrogens is 1. The lowest BCUT2D eigenvalue weighted by Gasteiger charge is -2.20. The van der Waals surface area contributed by atoms with Gasteiger partial charge in [-0.3, -0.25) is 4.98 Å². The van der Waals surface area contributed by atoms with E-state index in [0.717, 1.165) is 33.5 Å². The minimum atomic E-state index is -0.353. The van der Waals surface area contributed by atoms with Gasteiger partial charge in [-0.2, -0.15) is 0 Å². The van der Waals surface area contributed by atoms with E-state index in [-0.39, 0.29) is 5.54 Å². The number of anilines is 2. The Balaban J connectivity index is 2.04. The van der Waals surface area contributed by atoms with Gasteiger partial charge < -0.3 is 11.1 Å². The Morgan fingerprint density at radius 2 is 1.77 bits per heavy atom. The van der Waals surface area contributed by atoms with Crippen molar-refractivity contribution in [2.24, 2.45) is 5.73 Å².